The van der Waals surface area contributed by atoms with Crippen LogP contribution in [0.1, 0.15) is 91.4 Å². The van der Waals surface area contributed by atoms with Gasteiger partial charge in [0.1, 0.15) is 5.75 Å². The molecule has 3 nitrogen and oxygen atoms in total. The predicted octanol–water partition coefficient (Wildman–Crippen LogP) is 6.59. The fraction of sp³-hybridized carbons (Fsp3) is 0.172. The highest BCUT2D eigenvalue weighted by molar-refractivity contribution is 5.94. The van der Waals surface area contributed by atoms with E-state index in [1.165, 1.54) is 0 Å². The van der Waals surface area contributed by atoms with Gasteiger partial charge in [-0.3, -0.25) is 4.79 Å². The molecule has 1 N–H and O–H groups in total. The van der Waals surface area contributed by atoms with Gasteiger partial charge in [-0.1, -0.05) is 59.8 Å². The second-order valence-electron chi connectivity index (χ2n) is 17.6. The number of carbonyl (C=O) groups excluding carboxylic acids is 1. The van der Waals surface area contributed by atoms with Crippen molar-refractivity contribution in [2.24, 2.45) is 10.8 Å². The van der Waals surface area contributed by atoms with Crippen LogP contribution in [0.5, 0.6) is 5.75 Å². The average molecular weight is 1200 g/mol. The van der Waals surface area contributed by atoms with Gasteiger partial charge in [0, 0.05) is 320 Å². The van der Waals surface area contributed by atoms with Crippen LogP contribution in [0.4, 0.5) is 0 Å². The van der Waals surface area contributed by atoms with Gasteiger partial charge in [0.05, 0.1) is 6.61 Å². The van der Waals surface area contributed by atoms with Crippen LogP contribution < -0.4 is 10.1 Å². The fourth-order valence-electron chi connectivity index (χ4n) is 4.43. The van der Waals surface area contributed by atoms with E-state index >= 15 is 0 Å². The lowest BCUT2D eigenvalue weighted by Gasteiger charge is -2.22. The SMILES string of the molecule is CC#CC#CC#CC#CC#CC#CC#CC#CC#CC#CC#CC#CC#CC#CC#CC#CC#CC#CC#CC#CC#CC#CC#CC#CC#CC#CC#CC#CC#CC#CC#CC#CC#CC#CC#CC.CCC(C)(C)CCOc1ccc(C(=O)NCCCC(C)(C)C)cc1. The van der Waals surface area contributed by atoms with E-state index in [1.807, 2.05) is 24.3 Å². The van der Waals surface area contributed by atoms with Crippen LogP contribution in [0.25, 0.3) is 0 Å². The first-order valence-electron chi connectivity index (χ1n) is 27.4. The Hall–Kier alpha value is -16.9. The highest BCUT2D eigenvalue weighted by Gasteiger charge is 2.15. The number of ether oxygens (including phenoxy) is 1. The predicted molar refractivity (Wildman–Crippen MR) is 385 cm³/mol. The summed E-state index contributed by atoms with van der Waals surface area (Å²) in [6.07, 6.45) is 4.28. The molecule has 0 aromatic heterocycles. The molecule has 0 heterocycles. The highest BCUT2D eigenvalue weighted by Crippen LogP contribution is 2.25. The Morgan fingerprint density at radius 1 is 0.302 bits per heavy atom. The van der Waals surface area contributed by atoms with Crippen molar-refractivity contribution in [1.82, 2.24) is 5.32 Å². The van der Waals surface area contributed by atoms with E-state index in [1.54, 1.807) is 13.8 Å². The second kappa shape index (κ2) is 62.6. The maximum atomic E-state index is 12.1. The summed E-state index contributed by atoms with van der Waals surface area (Å²) in [5.41, 5.74) is 1.31. The van der Waals surface area contributed by atoms with Crippen molar-refractivity contribution >= 4 is 5.91 Å². The third kappa shape index (κ3) is 63.1. The summed E-state index contributed by atoms with van der Waals surface area (Å²) in [5, 5.41) is 2.98. The molecule has 1 amide bonds. The van der Waals surface area contributed by atoms with E-state index < -0.39 is 0 Å². The molecule has 1 aromatic carbocycles. The Bertz CT molecular complexity index is 5330. The van der Waals surface area contributed by atoms with Crippen LogP contribution in [0.2, 0.25) is 0 Å². The number of hydrogen-bond donors (Lipinski definition) is 1. The summed E-state index contributed by atoms with van der Waals surface area (Å²) in [5.74, 6) is 176. The van der Waals surface area contributed by atoms with Gasteiger partial charge in [-0.25, -0.2) is 0 Å². The van der Waals surface area contributed by atoms with E-state index in [4.69, 9.17) is 4.74 Å². The van der Waals surface area contributed by atoms with Gasteiger partial charge >= 0.3 is 0 Å². The molecule has 0 fully saturated rings. The van der Waals surface area contributed by atoms with Crippen LogP contribution in [0.3, 0.4) is 0 Å². The number of amides is 1. The molecule has 0 radical (unpaired) electrons. The third-order valence-corrected chi connectivity index (χ3v) is 8.95. The van der Waals surface area contributed by atoms with Crippen molar-refractivity contribution in [2.45, 2.75) is 81.1 Å². The van der Waals surface area contributed by atoms with Gasteiger partial charge in [-0.15, -0.1) is 0 Å². The van der Waals surface area contributed by atoms with Crippen LogP contribution in [0, 0.1) is 425 Å². The number of rotatable bonds is 9. The van der Waals surface area contributed by atoms with Crippen molar-refractivity contribution in [3.05, 3.63) is 29.8 Å². The molecule has 0 atom stereocenters. The first-order chi connectivity index (χ1) is 47.0. The Balaban J connectivity index is 0.00000313. The average Bonchev–Trinajstić information content (AvgIpc) is 1.91. The molecule has 0 aliphatic rings. The standard InChI is InChI=1S/C72H6.C21H35NO2/c1-3-5-7-9-11-13-15-17-19-21-23-25-27-29-31-33-35-37-39-41-43-45-47-49-51-53-55-57-59-61-63-65-67-69-71-72-70-68-66-64-62-60-58-56-54-52-50-48-46-44-42-40-38-36-34-32-30-28-26-24-22-20-18-16-14-12-10-8-6-4-2;1-7-21(5,6)14-16-24-18-11-9-17(10-12-18)19(23)22-15-8-13-20(2,3)4/h1-2H3;9-12H,7-8,13-16H2,1-6H3,(H,22,23). The summed E-state index contributed by atoms with van der Waals surface area (Å²) < 4.78 is 5.78. The highest BCUT2D eigenvalue weighted by atomic mass is 16.5. The molecule has 3 heteroatoms. The van der Waals surface area contributed by atoms with Crippen LogP contribution in [-0.2, 0) is 0 Å². The zero-order valence-corrected chi connectivity index (χ0v) is 53.4. The van der Waals surface area contributed by atoms with Crippen molar-refractivity contribution in [3.63, 3.8) is 0 Å². The minimum atomic E-state index is -0.0115. The Labute approximate surface area is 572 Å². The largest absolute Gasteiger partial charge is 0.494 e. The smallest absolute Gasteiger partial charge is 0.251 e. The molecular formula is C93H41NO2. The van der Waals surface area contributed by atoms with Crippen LogP contribution in [0.15, 0.2) is 24.3 Å². The van der Waals surface area contributed by atoms with Gasteiger partial charge in [0.25, 0.3) is 5.91 Å². The summed E-state index contributed by atoms with van der Waals surface area (Å²) >= 11 is 0. The van der Waals surface area contributed by atoms with Crippen molar-refractivity contribution in [3.8, 4) is 420 Å². The first kappa shape index (κ1) is 79.1. The zero-order chi connectivity index (χ0) is 69.7. The third-order valence-electron chi connectivity index (χ3n) is 8.95. The van der Waals surface area contributed by atoms with Crippen molar-refractivity contribution < 1.29 is 9.53 Å². The van der Waals surface area contributed by atoms with Gasteiger partial charge in [0.2, 0.25) is 0 Å². The second-order valence-corrected chi connectivity index (χ2v) is 17.6. The van der Waals surface area contributed by atoms with Crippen LogP contribution >= 0.6 is 0 Å². The topological polar surface area (TPSA) is 38.3 Å². The zero-order valence-electron chi connectivity index (χ0n) is 53.4. The molecule has 96 heavy (non-hydrogen) atoms. The Morgan fingerprint density at radius 3 is 0.656 bits per heavy atom. The van der Waals surface area contributed by atoms with Crippen molar-refractivity contribution in [1.29, 1.82) is 0 Å². The minimum Gasteiger partial charge on any atom is -0.494 e. The maximum absolute atomic E-state index is 12.1. The van der Waals surface area contributed by atoms with Gasteiger partial charge in [-0.05, 0) is 163 Å². The van der Waals surface area contributed by atoms with E-state index in [9.17, 15) is 4.79 Å². The Kier molecular flexibility index (Phi) is 51.6. The number of hydrogen-bond acceptors (Lipinski definition) is 2. The molecule has 0 bridgehead atoms. The lowest BCUT2D eigenvalue weighted by atomic mass is 9.87. The quantitative estimate of drug-likeness (QED) is 0.224. The number of carbonyl (C=O) groups is 1. The van der Waals surface area contributed by atoms with Gasteiger partial charge in [-0.2, -0.15) is 0 Å². The lowest BCUT2D eigenvalue weighted by molar-refractivity contribution is 0.0951. The van der Waals surface area contributed by atoms with E-state index in [2.05, 4.69) is 461 Å². The molecule has 0 unspecified atom stereocenters. The summed E-state index contributed by atoms with van der Waals surface area (Å²) in [6, 6.07) is 7.42. The molecule has 1 rings (SSSR count). The normalized spacial score (nSPS) is 6.00. The van der Waals surface area contributed by atoms with Crippen LogP contribution in [-0.4, -0.2) is 19.1 Å². The summed E-state index contributed by atoms with van der Waals surface area (Å²) in [6.45, 7) is 18.2. The molecule has 0 aliphatic carbocycles. The Morgan fingerprint density at radius 2 is 0.490 bits per heavy atom. The first-order valence-corrected chi connectivity index (χ1v) is 27.4. The van der Waals surface area contributed by atoms with Gasteiger partial charge < -0.3 is 10.1 Å². The van der Waals surface area contributed by atoms with E-state index in [0.717, 1.165) is 38.0 Å². The summed E-state index contributed by atoms with van der Waals surface area (Å²) in [7, 11) is 0. The monoisotopic (exact) mass is 1200 g/mol. The molecule has 0 spiro atoms. The molecule has 0 saturated heterocycles. The molecule has 0 aliphatic heterocycles. The maximum Gasteiger partial charge on any atom is 0.251 e. The number of benzene rings is 1. The minimum absolute atomic E-state index is 0.0115. The fourth-order valence-corrected chi connectivity index (χ4v) is 4.43. The molecular weight excluding hydrogens is 1160 g/mol. The molecule has 430 valence electrons. The van der Waals surface area contributed by atoms with E-state index in [0.29, 0.717) is 23.0 Å². The van der Waals surface area contributed by atoms with Crippen molar-refractivity contribution in [2.75, 3.05) is 13.2 Å². The molecule has 0 saturated carbocycles. The van der Waals surface area contributed by atoms with E-state index in [-0.39, 0.29) is 5.91 Å². The number of nitrogens with one attached hydrogen (secondary N) is 1. The lowest BCUT2D eigenvalue weighted by Crippen LogP contribution is -2.25. The van der Waals surface area contributed by atoms with Gasteiger partial charge in [0.15, 0.2) is 0 Å². The molecule has 1 aromatic rings. The summed E-state index contributed by atoms with van der Waals surface area (Å²) in [4.78, 5) is 12.1.